The number of hydrogen-bond acceptors (Lipinski definition) is 4. The SMILES string of the molecule is Cc1ccn(C)c1C1=CC(C)N(O)N1c1ccc(O)cc1F. The zero-order valence-corrected chi connectivity index (χ0v) is 12.7. The minimum absolute atomic E-state index is 0.154. The third kappa shape index (κ3) is 2.17. The van der Waals surface area contributed by atoms with E-state index in [1.807, 2.05) is 43.8 Å². The topological polar surface area (TPSA) is 51.9 Å². The first kappa shape index (κ1) is 14.6. The Balaban J connectivity index is 2.14. The van der Waals surface area contributed by atoms with Gasteiger partial charge in [0.05, 0.1) is 23.1 Å². The largest absolute Gasteiger partial charge is 0.508 e. The van der Waals surface area contributed by atoms with Crippen molar-refractivity contribution < 1.29 is 14.7 Å². The molecule has 0 fully saturated rings. The maximum absolute atomic E-state index is 14.2. The first-order valence-corrected chi connectivity index (χ1v) is 7.01. The summed E-state index contributed by atoms with van der Waals surface area (Å²) in [6.07, 6.45) is 3.79. The van der Waals surface area contributed by atoms with Crippen LogP contribution in [0.3, 0.4) is 0 Å². The number of anilines is 1. The molecule has 3 rings (SSSR count). The van der Waals surface area contributed by atoms with Gasteiger partial charge in [-0.05, 0) is 43.7 Å². The van der Waals surface area contributed by atoms with Gasteiger partial charge in [-0.2, -0.15) is 0 Å². The summed E-state index contributed by atoms with van der Waals surface area (Å²) >= 11 is 0. The molecule has 1 aliphatic rings. The molecule has 1 aromatic carbocycles. The van der Waals surface area contributed by atoms with E-state index in [2.05, 4.69) is 0 Å². The van der Waals surface area contributed by atoms with Gasteiger partial charge in [-0.15, -0.1) is 0 Å². The summed E-state index contributed by atoms with van der Waals surface area (Å²) in [5, 5.41) is 22.1. The van der Waals surface area contributed by atoms with Gasteiger partial charge in [0.15, 0.2) is 5.82 Å². The highest BCUT2D eigenvalue weighted by molar-refractivity contribution is 5.81. The molecule has 1 unspecified atom stereocenters. The number of aromatic nitrogens is 1. The fourth-order valence-electron chi connectivity index (χ4n) is 2.78. The number of phenolic OH excluding ortho intramolecular Hbond substituents is 1. The number of aromatic hydroxyl groups is 1. The standard InChI is InChI=1S/C16H18FN3O2/c1-10-6-7-18(3)16(10)15-8-11(2)20(22)19(15)14-5-4-12(21)9-13(14)17/h4-9,11,21-22H,1-3H3. The van der Waals surface area contributed by atoms with Crippen molar-refractivity contribution in [2.75, 3.05) is 5.01 Å². The smallest absolute Gasteiger partial charge is 0.152 e. The molecule has 5 nitrogen and oxygen atoms in total. The second-order valence-electron chi connectivity index (χ2n) is 5.52. The summed E-state index contributed by atoms with van der Waals surface area (Å²) in [6, 6.07) is 5.54. The molecule has 2 N–H and O–H groups in total. The molecule has 0 saturated heterocycles. The number of rotatable bonds is 2. The molecular formula is C16H18FN3O2. The number of hydrazine groups is 1. The predicted molar refractivity (Wildman–Crippen MR) is 81.8 cm³/mol. The number of halogens is 1. The molecule has 2 aromatic rings. The molecule has 1 atom stereocenters. The number of benzene rings is 1. The van der Waals surface area contributed by atoms with Crippen molar-refractivity contribution in [2.45, 2.75) is 19.9 Å². The zero-order valence-electron chi connectivity index (χ0n) is 12.7. The van der Waals surface area contributed by atoms with Crippen LogP contribution in [0.5, 0.6) is 5.75 Å². The van der Waals surface area contributed by atoms with E-state index in [1.165, 1.54) is 17.1 Å². The minimum Gasteiger partial charge on any atom is -0.508 e. The summed E-state index contributed by atoms with van der Waals surface area (Å²) < 4.78 is 16.2. The fraction of sp³-hybridized carbons (Fsp3) is 0.250. The molecule has 1 aliphatic heterocycles. The molecule has 0 aliphatic carbocycles. The summed E-state index contributed by atoms with van der Waals surface area (Å²) in [5.74, 6) is -0.760. The van der Waals surface area contributed by atoms with Gasteiger partial charge in [0.25, 0.3) is 0 Å². The number of aryl methyl sites for hydroxylation is 2. The van der Waals surface area contributed by atoms with E-state index in [0.717, 1.165) is 22.5 Å². The van der Waals surface area contributed by atoms with Gasteiger partial charge in [-0.3, -0.25) is 5.21 Å². The van der Waals surface area contributed by atoms with Gasteiger partial charge in [0.1, 0.15) is 5.75 Å². The summed E-state index contributed by atoms with van der Waals surface area (Å²) in [4.78, 5) is 0. The lowest BCUT2D eigenvalue weighted by molar-refractivity contribution is -0.101. The highest BCUT2D eigenvalue weighted by Crippen LogP contribution is 2.37. The molecule has 1 aromatic heterocycles. The molecule has 2 heterocycles. The maximum Gasteiger partial charge on any atom is 0.152 e. The number of hydroxylamine groups is 1. The Hall–Kier alpha value is -2.31. The molecule has 6 heteroatoms. The van der Waals surface area contributed by atoms with Crippen molar-refractivity contribution in [1.29, 1.82) is 0 Å². The van der Waals surface area contributed by atoms with Crippen LogP contribution in [0.4, 0.5) is 10.1 Å². The van der Waals surface area contributed by atoms with E-state index in [4.69, 9.17) is 0 Å². The molecule has 0 radical (unpaired) electrons. The van der Waals surface area contributed by atoms with Gasteiger partial charge in [0.2, 0.25) is 0 Å². The highest BCUT2D eigenvalue weighted by atomic mass is 19.1. The van der Waals surface area contributed by atoms with Gasteiger partial charge in [-0.1, -0.05) is 5.17 Å². The van der Waals surface area contributed by atoms with E-state index < -0.39 is 5.82 Å². The average Bonchev–Trinajstić information content (AvgIpc) is 2.92. The van der Waals surface area contributed by atoms with E-state index >= 15 is 0 Å². The van der Waals surface area contributed by atoms with Crippen LogP contribution in [0.2, 0.25) is 0 Å². The van der Waals surface area contributed by atoms with Crippen molar-refractivity contribution in [1.82, 2.24) is 9.74 Å². The average molecular weight is 303 g/mol. The monoisotopic (exact) mass is 303 g/mol. The van der Waals surface area contributed by atoms with Gasteiger partial charge in [-0.25, -0.2) is 9.40 Å². The van der Waals surface area contributed by atoms with Crippen LogP contribution >= 0.6 is 0 Å². The first-order chi connectivity index (χ1) is 10.4. The molecule has 0 bridgehead atoms. The Bertz CT molecular complexity index is 734. The van der Waals surface area contributed by atoms with Crippen molar-refractivity contribution in [3.8, 4) is 5.75 Å². The summed E-state index contributed by atoms with van der Waals surface area (Å²) in [7, 11) is 1.90. The minimum atomic E-state index is -0.606. The maximum atomic E-state index is 14.2. The van der Waals surface area contributed by atoms with Gasteiger partial charge < -0.3 is 9.67 Å². The number of nitrogens with zero attached hydrogens (tertiary/aromatic N) is 3. The molecule has 22 heavy (non-hydrogen) atoms. The zero-order chi connectivity index (χ0) is 16.0. The second-order valence-corrected chi connectivity index (χ2v) is 5.52. The van der Waals surface area contributed by atoms with Crippen molar-refractivity contribution in [3.05, 3.63) is 53.6 Å². The van der Waals surface area contributed by atoms with Crippen molar-refractivity contribution in [2.24, 2.45) is 7.05 Å². The molecule has 116 valence electrons. The van der Waals surface area contributed by atoms with Crippen LogP contribution in [0.25, 0.3) is 5.70 Å². The molecule has 0 spiro atoms. The van der Waals surface area contributed by atoms with E-state index in [-0.39, 0.29) is 17.5 Å². The van der Waals surface area contributed by atoms with Crippen LogP contribution in [-0.2, 0) is 7.05 Å². The Labute approximate surface area is 128 Å². The van der Waals surface area contributed by atoms with Crippen LogP contribution < -0.4 is 5.01 Å². The molecular weight excluding hydrogens is 285 g/mol. The fourth-order valence-corrected chi connectivity index (χ4v) is 2.78. The van der Waals surface area contributed by atoms with Crippen molar-refractivity contribution in [3.63, 3.8) is 0 Å². The van der Waals surface area contributed by atoms with Crippen LogP contribution in [0, 0.1) is 12.7 Å². The van der Waals surface area contributed by atoms with Gasteiger partial charge in [0, 0.05) is 19.3 Å². The van der Waals surface area contributed by atoms with E-state index in [1.54, 1.807) is 0 Å². The first-order valence-electron chi connectivity index (χ1n) is 7.01. The number of hydrogen-bond donors (Lipinski definition) is 2. The predicted octanol–water partition coefficient (Wildman–Crippen LogP) is 3.03. The van der Waals surface area contributed by atoms with Crippen molar-refractivity contribution >= 4 is 11.4 Å². The van der Waals surface area contributed by atoms with E-state index in [9.17, 15) is 14.7 Å². The quantitative estimate of drug-likeness (QED) is 0.895. The second kappa shape index (κ2) is 5.15. The molecule has 0 amide bonds. The third-order valence-electron chi connectivity index (χ3n) is 3.87. The Kier molecular flexibility index (Phi) is 3.42. The lowest BCUT2D eigenvalue weighted by Crippen LogP contribution is -2.39. The Morgan fingerprint density at radius 1 is 1.23 bits per heavy atom. The third-order valence-corrected chi connectivity index (χ3v) is 3.87. The normalized spacial score (nSPS) is 18.9. The Morgan fingerprint density at radius 3 is 2.55 bits per heavy atom. The van der Waals surface area contributed by atoms with Crippen LogP contribution in [0.1, 0.15) is 18.2 Å². The van der Waals surface area contributed by atoms with Crippen LogP contribution in [0.15, 0.2) is 36.5 Å². The summed E-state index contributed by atoms with van der Waals surface area (Å²) in [5.41, 5.74) is 2.80. The molecule has 0 saturated carbocycles. The lowest BCUT2D eigenvalue weighted by atomic mass is 10.1. The van der Waals surface area contributed by atoms with E-state index in [0.29, 0.717) is 5.70 Å². The summed E-state index contributed by atoms with van der Waals surface area (Å²) in [6.45, 7) is 3.78. The highest BCUT2D eigenvalue weighted by Gasteiger charge is 2.33. The number of phenols is 1. The van der Waals surface area contributed by atoms with Crippen LogP contribution in [-0.4, -0.2) is 26.1 Å². The van der Waals surface area contributed by atoms with Gasteiger partial charge >= 0.3 is 0 Å². The Morgan fingerprint density at radius 2 is 1.95 bits per heavy atom. The lowest BCUT2D eigenvalue weighted by Gasteiger charge is -2.30.